The molecule has 0 atom stereocenters. The van der Waals surface area contributed by atoms with Crippen LogP contribution in [-0.2, 0) is 17.9 Å². The van der Waals surface area contributed by atoms with Crippen molar-refractivity contribution in [2.75, 3.05) is 7.11 Å². The van der Waals surface area contributed by atoms with Crippen molar-refractivity contribution >= 4 is 0 Å². The molecule has 0 saturated carbocycles. The van der Waals surface area contributed by atoms with E-state index in [4.69, 9.17) is 15.0 Å². The molecule has 0 aromatic carbocycles. The van der Waals surface area contributed by atoms with Gasteiger partial charge in [0, 0.05) is 12.7 Å². The molecule has 0 aliphatic carbocycles. The van der Waals surface area contributed by atoms with Gasteiger partial charge in [-0.15, -0.1) is 0 Å². The van der Waals surface area contributed by atoms with E-state index in [0.717, 1.165) is 5.56 Å². The molecule has 0 bridgehead atoms. The minimum Gasteiger partial charge on any atom is -0.380 e. The number of hydrogen-bond donors (Lipinski definition) is 1. The molecule has 0 spiro atoms. The number of aromatic nitrogens is 1. The van der Waals surface area contributed by atoms with E-state index in [2.05, 4.69) is 5.16 Å². The van der Waals surface area contributed by atoms with Crippen LogP contribution in [0.5, 0.6) is 0 Å². The topological polar surface area (TPSA) is 61.3 Å². The van der Waals surface area contributed by atoms with Gasteiger partial charge in [0.25, 0.3) is 0 Å². The Bertz CT molecular complexity index is 197. The Morgan fingerprint density at radius 2 is 2.60 bits per heavy atom. The first-order valence-corrected chi connectivity index (χ1v) is 3.00. The third kappa shape index (κ3) is 1.34. The van der Waals surface area contributed by atoms with E-state index in [0.29, 0.717) is 18.9 Å². The maximum absolute atomic E-state index is 5.34. The average molecular weight is 142 g/mol. The molecule has 0 aliphatic rings. The molecule has 0 saturated heterocycles. The van der Waals surface area contributed by atoms with Gasteiger partial charge < -0.3 is 15.0 Å². The van der Waals surface area contributed by atoms with Gasteiger partial charge in [0.05, 0.1) is 19.3 Å². The van der Waals surface area contributed by atoms with Gasteiger partial charge in [0.1, 0.15) is 0 Å². The van der Waals surface area contributed by atoms with E-state index in [9.17, 15) is 0 Å². The van der Waals surface area contributed by atoms with Gasteiger partial charge in [-0.3, -0.25) is 0 Å². The van der Waals surface area contributed by atoms with Crippen LogP contribution in [0.2, 0.25) is 0 Å². The third-order valence-corrected chi connectivity index (χ3v) is 1.21. The maximum atomic E-state index is 5.34. The molecule has 0 fully saturated rings. The van der Waals surface area contributed by atoms with Crippen LogP contribution in [0.4, 0.5) is 0 Å². The summed E-state index contributed by atoms with van der Waals surface area (Å²) < 4.78 is 9.68. The number of methoxy groups -OCH3 is 1. The summed E-state index contributed by atoms with van der Waals surface area (Å²) >= 11 is 0. The molecule has 4 heteroatoms. The molecule has 0 amide bonds. The van der Waals surface area contributed by atoms with Crippen LogP contribution >= 0.6 is 0 Å². The van der Waals surface area contributed by atoms with Crippen LogP contribution in [0.15, 0.2) is 10.7 Å². The van der Waals surface area contributed by atoms with Crippen LogP contribution in [0.1, 0.15) is 11.3 Å². The fraction of sp³-hybridized carbons (Fsp3) is 0.500. The lowest BCUT2D eigenvalue weighted by molar-refractivity contribution is 0.183. The number of nitrogens with zero attached hydrogens (tertiary/aromatic N) is 1. The summed E-state index contributed by atoms with van der Waals surface area (Å²) in [6, 6.07) is 0. The lowest BCUT2D eigenvalue weighted by atomic mass is 10.3. The lowest BCUT2D eigenvalue weighted by Crippen LogP contribution is -1.98. The molecule has 4 nitrogen and oxygen atoms in total. The van der Waals surface area contributed by atoms with Crippen LogP contribution < -0.4 is 5.73 Å². The molecule has 0 aliphatic heterocycles. The Morgan fingerprint density at radius 1 is 1.80 bits per heavy atom. The van der Waals surface area contributed by atoms with Gasteiger partial charge in [-0.25, -0.2) is 0 Å². The SMILES string of the molecule is COCc1cnoc1CN. The van der Waals surface area contributed by atoms with Crippen LogP contribution in [0, 0.1) is 0 Å². The van der Waals surface area contributed by atoms with Gasteiger partial charge in [0.15, 0.2) is 5.76 Å². The van der Waals surface area contributed by atoms with E-state index >= 15 is 0 Å². The van der Waals surface area contributed by atoms with E-state index < -0.39 is 0 Å². The first-order chi connectivity index (χ1) is 4.88. The first kappa shape index (κ1) is 7.24. The summed E-state index contributed by atoms with van der Waals surface area (Å²) in [7, 11) is 1.62. The van der Waals surface area contributed by atoms with Gasteiger partial charge in [-0.2, -0.15) is 0 Å². The van der Waals surface area contributed by atoms with Crippen molar-refractivity contribution in [1.82, 2.24) is 5.16 Å². The second-order valence-electron chi connectivity index (χ2n) is 1.91. The average Bonchev–Trinajstić information content (AvgIpc) is 2.36. The number of rotatable bonds is 3. The second-order valence-corrected chi connectivity index (χ2v) is 1.91. The Hall–Kier alpha value is -0.870. The summed E-state index contributed by atoms with van der Waals surface area (Å²) in [6.45, 7) is 0.884. The zero-order valence-corrected chi connectivity index (χ0v) is 5.83. The highest BCUT2D eigenvalue weighted by Crippen LogP contribution is 2.06. The number of nitrogens with two attached hydrogens (primary N) is 1. The van der Waals surface area contributed by atoms with E-state index in [1.807, 2.05) is 0 Å². The summed E-state index contributed by atoms with van der Waals surface area (Å²) in [4.78, 5) is 0. The molecule has 10 heavy (non-hydrogen) atoms. The Balaban J connectivity index is 2.70. The van der Waals surface area contributed by atoms with E-state index in [-0.39, 0.29) is 0 Å². The normalized spacial score (nSPS) is 10.2. The van der Waals surface area contributed by atoms with Crippen molar-refractivity contribution in [2.45, 2.75) is 13.2 Å². The van der Waals surface area contributed by atoms with E-state index in [1.54, 1.807) is 13.3 Å². The largest absolute Gasteiger partial charge is 0.380 e. The van der Waals surface area contributed by atoms with Crippen LogP contribution in [-0.4, -0.2) is 12.3 Å². The molecule has 0 unspecified atom stereocenters. The molecule has 2 N–H and O–H groups in total. The van der Waals surface area contributed by atoms with Crippen molar-refractivity contribution in [3.05, 3.63) is 17.5 Å². The molecule has 56 valence electrons. The zero-order valence-electron chi connectivity index (χ0n) is 5.83. The molecule has 1 aromatic rings. The van der Waals surface area contributed by atoms with Crippen molar-refractivity contribution in [1.29, 1.82) is 0 Å². The minimum atomic E-state index is 0.374. The molecule has 1 aromatic heterocycles. The highest BCUT2D eigenvalue weighted by molar-refractivity contribution is 5.11. The monoisotopic (exact) mass is 142 g/mol. The predicted molar refractivity (Wildman–Crippen MR) is 35.1 cm³/mol. The lowest BCUT2D eigenvalue weighted by Gasteiger charge is -1.94. The number of ether oxygens (including phenoxy) is 1. The highest BCUT2D eigenvalue weighted by atomic mass is 16.5. The van der Waals surface area contributed by atoms with Crippen LogP contribution in [0.25, 0.3) is 0 Å². The quantitative estimate of drug-likeness (QED) is 0.658. The van der Waals surface area contributed by atoms with Gasteiger partial charge in [-0.05, 0) is 0 Å². The molecule has 1 heterocycles. The smallest absolute Gasteiger partial charge is 0.155 e. The molecular weight excluding hydrogens is 132 g/mol. The van der Waals surface area contributed by atoms with Crippen molar-refractivity contribution in [3.63, 3.8) is 0 Å². The van der Waals surface area contributed by atoms with Gasteiger partial charge >= 0.3 is 0 Å². The van der Waals surface area contributed by atoms with Crippen LogP contribution in [0.3, 0.4) is 0 Å². The summed E-state index contributed by atoms with van der Waals surface area (Å²) in [5.41, 5.74) is 6.26. The summed E-state index contributed by atoms with van der Waals surface area (Å²) in [6.07, 6.45) is 1.62. The third-order valence-electron chi connectivity index (χ3n) is 1.21. The summed E-state index contributed by atoms with van der Waals surface area (Å²) in [5, 5.41) is 3.58. The molecular formula is C6H10N2O2. The zero-order chi connectivity index (χ0) is 7.40. The molecule has 1 rings (SSSR count). The minimum absolute atomic E-state index is 0.374. The first-order valence-electron chi connectivity index (χ1n) is 3.00. The highest BCUT2D eigenvalue weighted by Gasteiger charge is 2.03. The standard InChI is InChI=1S/C6H10N2O2/c1-9-4-5-3-8-10-6(5)2-7/h3H,2,4,7H2,1H3. The van der Waals surface area contributed by atoms with Crippen molar-refractivity contribution < 1.29 is 9.26 Å². The predicted octanol–water partition coefficient (Wildman–Crippen LogP) is 0.280. The summed E-state index contributed by atoms with van der Waals surface area (Å²) in [5.74, 6) is 0.696. The second kappa shape index (κ2) is 3.34. The molecule has 0 radical (unpaired) electrons. The van der Waals surface area contributed by atoms with E-state index in [1.165, 1.54) is 0 Å². The fourth-order valence-corrected chi connectivity index (χ4v) is 0.726. The Labute approximate surface area is 58.9 Å². The van der Waals surface area contributed by atoms with Gasteiger partial charge in [0.2, 0.25) is 0 Å². The number of hydrogen-bond acceptors (Lipinski definition) is 4. The Kier molecular flexibility index (Phi) is 2.42. The van der Waals surface area contributed by atoms with Gasteiger partial charge in [-0.1, -0.05) is 5.16 Å². The van der Waals surface area contributed by atoms with Crippen molar-refractivity contribution in [2.24, 2.45) is 5.73 Å². The maximum Gasteiger partial charge on any atom is 0.155 e. The fourth-order valence-electron chi connectivity index (χ4n) is 0.726. The Morgan fingerprint density at radius 3 is 3.20 bits per heavy atom. The van der Waals surface area contributed by atoms with Crippen molar-refractivity contribution in [3.8, 4) is 0 Å².